The van der Waals surface area contributed by atoms with E-state index in [1.54, 1.807) is 6.07 Å². The molecule has 142 valence electrons. The summed E-state index contributed by atoms with van der Waals surface area (Å²) in [5, 5.41) is 3.12. The van der Waals surface area contributed by atoms with Gasteiger partial charge in [-0.1, -0.05) is 30.3 Å². The van der Waals surface area contributed by atoms with Crippen LogP contribution in [0, 0.1) is 11.2 Å². The topological polar surface area (TPSA) is 41.6 Å². The van der Waals surface area contributed by atoms with E-state index in [0.29, 0.717) is 13.1 Å². The van der Waals surface area contributed by atoms with Gasteiger partial charge in [-0.05, 0) is 61.2 Å². The third-order valence-electron chi connectivity index (χ3n) is 6.00. The number of carbonyl (C=O) groups is 1. The van der Waals surface area contributed by atoms with Gasteiger partial charge in [0, 0.05) is 13.1 Å². The maximum atomic E-state index is 13.9. The fourth-order valence-electron chi connectivity index (χ4n) is 4.32. The number of methoxy groups -OCH3 is 1. The van der Waals surface area contributed by atoms with Gasteiger partial charge in [-0.15, -0.1) is 0 Å². The first-order valence-electron chi connectivity index (χ1n) is 9.49. The summed E-state index contributed by atoms with van der Waals surface area (Å²) < 4.78 is 18.9. The zero-order valence-corrected chi connectivity index (χ0v) is 15.6. The van der Waals surface area contributed by atoms with Crippen LogP contribution in [-0.4, -0.2) is 31.0 Å². The molecule has 1 fully saturated rings. The first-order valence-corrected chi connectivity index (χ1v) is 9.49. The summed E-state index contributed by atoms with van der Waals surface area (Å²) in [6.45, 7) is 2.98. The summed E-state index contributed by atoms with van der Waals surface area (Å²) in [7, 11) is 1.47. The predicted octanol–water partition coefficient (Wildman–Crippen LogP) is 3.29. The molecule has 1 saturated heterocycles. The molecule has 2 aliphatic rings. The standard InChI is InChI=1S/C22H25FN2O2/c1-27-20-7-6-16(12-19(20)23)15-25-10-8-22(9-11-25)13-17-4-2-3-5-18(17)14-24-21(22)26/h2-7,12H,8-11,13-15H2,1H3,(H,24,26). The van der Waals surface area contributed by atoms with Crippen LogP contribution in [0.1, 0.15) is 29.5 Å². The van der Waals surface area contributed by atoms with Crippen LogP contribution < -0.4 is 10.1 Å². The van der Waals surface area contributed by atoms with E-state index in [0.717, 1.165) is 37.9 Å². The number of fused-ring (bicyclic) bond motifs is 1. The summed E-state index contributed by atoms with van der Waals surface area (Å²) in [6, 6.07) is 13.4. The Hall–Kier alpha value is -2.40. The second-order valence-electron chi connectivity index (χ2n) is 7.65. The molecule has 5 heteroatoms. The van der Waals surface area contributed by atoms with Crippen molar-refractivity contribution in [1.82, 2.24) is 10.2 Å². The van der Waals surface area contributed by atoms with E-state index >= 15 is 0 Å². The van der Waals surface area contributed by atoms with E-state index in [9.17, 15) is 9.18 Å². The third-order valence-corrected chi connectivity index (χ3v) is 6.00. The number of amides is 1. The molecule has 1 amide bonds. The molecule has 0 saturated carbocycles. The molecule has 2 aromatic rings. The number of likely N-dealkylation sites (tertiary alicyclic amines) is 1. The van der Waals surface area contributed by atoms with E-state index in [4.69, 9.17) is 4.74 Å². The summed E-state index contributed by atoms with van der Waals surface area (Å²) in [5.74, 6) is 0.113. The van der Waals surface area contributed by atoms with E-state index in [2.05, 4.69) is 28.4 Å². The molecule has 4 rings (SSSR count). The quantitative estimate of drug-likeness (QED) is 0.904. The summed E-state index contributed by atoms with van der Waals surface area (Å²) in [6.07, 6.45) is 2.46. The maximum absolute atomic E-state index is 13.9. The number of rotatable bonds is 3. The molecule has 0 atom stereocenters. The molecule has 27 heavy (non-hydrogen) atoms. The van der Waals surface area contributed by atoms with Gasteiger partial charge in [-0.3, -0.25) is 9.69 Å². The van der Waals surface area contributed by atoms with E-state index < -0.39 is 0 Å². The number of nitrogens with zero attached hydrogens (tertiary/aromatic N) is 1. The van der Waals surface area contributed by atoms with Crippen molar-refractivity contribution in [3.8, 4) is 5.75 Å². The molecule has 1 N–H and O–H groups in total. The van der Waals surface area contributed by atoms with Crippen molar-refractivity contribution in [3.05, 3.63) is 65.0 Å². The minimum Gasteiger partial charge on any atom is -0.494 e. The van der Waals surface area contributed by atoms with Crippen LogP contribution in [0.2, 0.25) is 0 Å². The first-order chi connectivity index (χ1) is 13.1. The van der Waals surface area contributed by atoms with Gasteiger partial charge in [0.1, 0.15) is 0 Å². The lowest BCUT2D eigenvalue weighted by Crippen LogP contribution is -2.48. The van der Waals surface area contributed by atoms with Gasteiger partial charge < -0.3 is 10.1 Å². The average molecular weight is 368 g/mol. The molecule has 0 radical (unpaired) electrons. The predicted molar refractivity (Wildman–Crippen MR) is 102 cm³/mol. The maximum Gasteiger partial charge on any atom is 0.226 e. The smallest absolute Gasteiger partial charge is 0.226 e. The minimum absolute atomic E-state index is 0.175. The second kappa shape index (κ2) is 7.31. The van der Waals surface area contributed by atoms with Gasteiger partial charge in [-0.2, -0.15) is 0 Å². The molecule has 0 aromatic heterocycles. The molecule has 0 bridgehead atoms. The van der Waals surface area contributed by atoms with Crippen LogP contribution >= 0.6 is 0 Å². The second-order valence-corrected chi connectivity index (χ2v) is 7.65. The number of carbonyl (C=O) groups excluding carboxylic acids is 1. The number of benzene rings is 2. The zero-order valence-electron chi connectivity index (χ0n) is 15.6. The van der Waals surface area contributed by atoms with Crippen LogP contribution in [0.3, 0.4) is 0 Å². The molecule has 2 heterocycles. The van der Waals surface area contributed by atoms with Gasteiger partial charge in [0.15, 0.2) is 11.6 Å². The third kappa shape index (κ3) is 3.56. The fourth-order valence-corrected chi connectivity index (χ4v) is 4.32. The van der Waals surface area contributed by atoms with Crippen LogP contribution in [0.25, 0.3) is 0 Å². The van der Waals surface area contributed by atoms with Crippen molar-refractivity contribution in [2.24, 2.45) is 5.41 Å². The Kier molecular flexibility index (Phi) is 4.87. The summed E-state index contributed by atoms with van der Waals surface area (Å²) >= 11 is 0. The van der Waals surface area contributed by atoms with Gasteiger partial charge in [0.2, 0.25) is 5.91 Å². The Morgan fingerprint density at radius 1 is 1.15 bits per heavy atom. The molecule has 2 aromatic carbocycles. The van der Waals surface area contributed by atoms with Crippen molar-refractivity contribution in [3.63, 3.8) is 0 Å². The Labute approximate surface area is 159 Å². The molecule has 0 unspecified atom stereocenters. The molecular weight excluding hydrogens is 343 g/mol. The normalized spacial score (nSPS) is 19.3. The lowest BCUT2D eigenvalue weighted by Gasteiger charge is -2.40. The number of hydrogen-bond donors (Lipinski definition) is 1. The van der Waals surface area contributed by atoms with Crippen molar-refractivity contribution in [2.45, 2.75) is 32.4 Å². The molecule has 0 aliphatic carbocycles. The average Bonchev–Trinajstić information content (AvgIpc) is 2.81. The van der Waals surface area contributed by atoms with Crippen LogP contribution in [0.4, 0.5) is 4.39 Å². The summed E-state index contributed by atoms with van der Waals surface area (Å²) in [5.41, 5.74) is 3.11. The Bertz CT molecular complexity index is 844. The highest BCUT2D eigenvalue weighted by Crippen LogP contribution is 2.38. The number of hydrogen-bond acceptors (Lipinski definition) is 3. The fraction of sp³-hybridized carbons (Fsp3) is 0.409. The Morgan fingerprint density at radius 3 is 2.59 bits per heavy atom. The highest BCUT2D eigenvalue weighted by Gasteiger charge is 2.42. The van der Waals surface area contributed by atoms with Crippen LogP contribution in [0.15, 0.2) is 42.5 Å². The molecular formula is C22H25FN2O2. The van der Waals surface area contributed by atoms with Crippen LogP contribution in [-0.2, 0) is 24.3 Å². The summed E-state index contributed by atoms with van der Waals surface area (Å²) in [4.78, 5) is 15.1. The van der Waals surface area contributed by atoms with E-state index in [-0.39, 0.29) is 22.9 Å². The van der Waals surface area contributed by atoms with Crippen LogP contribution in [0.5, 0.6) is 5.75 Å². The number of piperidine rings is 1. The van der Waals surface area contributed by atoms with Crippen molar-refractivity contribution >= 4 is 5.91 Å². The first kappa shape index (κ1) is 18.0. The van der Waals surface area contributed by atoms with E-state index in [1.807, 2.05) is 12.1 Å². The minimum atomic E-state index is -0.330. The van der Waals surface area contributed by atoms with Gasteiger partial charge in [0.05, 0.1) is 12.5 Å². The monoisotopic (exact) mass is 368 g/mol. The van der Waals surface area contributed by atoms with Crippen molar-refractivity contribution in [2.75, 3.05) is 20.2 Å². The molecule has 2 aliphatic heterocycles. The number of ether oxygens (including phenoxy) is 1. The molecule has 1 spiro atoms. The highest BCUT2D eigenvalue weighted by atomic mass is 19.1. The van der Waals surface area contributed by atoms with Crippen molar-refractivity contribution < 1.29 is 13.9 Å². The Balaban J connectivity index is 1.45. The van der Waals surface area contributed by atoms with Gasteiger partial charge >= 0.3 is 0 Å². The SMILES string of the molecule is COc1ccc(CN2CCC3(CC2)Cc2ccccc2CNC3=O)cc1F. The number of nitrogens with one attached hydrogen (secondary N) is 1. The number of halogens is 1. The van der Waals surface area contributed by atoms with Gasteiger partial charge in [0.25, 0.3) is 0 Å². The molecule has 4 nitrogen and oxygen atoms in total. The van der Waals surface area contributed by atoms with Gasteiger partial charge in [-0.25, -0.2) is 4.39 Å². The lowest BCUT2D eigenvalue weighted by atomic mass is 9.73. The lowest BCUT2D eigenvalue weighted by molar-refractivity contribution is -0.133. The highest BCUT2D eigenvalue weighted by molar-refractivity contribution is 5.83. The largest absolute Gasteiger partial charge is 0.494 e. The van der Waals surface area contributed by atoms with Crippen molar-refractivity contribution in [1.29, 1.82) is 0 Å². The zero-order chi connectivity index (χ0) is 18.9. The Morgan fingerprint density at radius 2 is 1.89 bits per heavy atom. The van der Waals surface area contributed by atoms with E-state index in [1.165, 1.54) is 24.3 Å².